The van der Waals surface area contributed by atoms with Crippen molar-refractivity contribution in [1.82, 2.24) is 21.3 Å². The highest BCUT2D eigenvalue weighted by atomic mass is 16.5. The number of nitrogens with one attached hydrogen (secondary N) is 4. The van der Waals surface area contributed by atoms with E-state index in [-0.39, 0.29) is 70.9 Å². The quantitative estimate of drug-likeness (QED) is 0.0616. The third-order valence-corrected chi connectivity index (χ3v) is 12.2. The average molecular weight is 761 g/mol. The van der Waals surface area contributed by atoms with Crippen LogP contribution in [0.15, 0.2) is 0 Å². The molecule has 0 aromatic heterocycles. The van der Waals surface area contributed by atoms with Crippen molar-refractivity contribution < 1.29 is 38.6 Å². The van der Waals surface area contributed by atoms with Crippen LogP contribution in [0.2, 0.25) is 0 Å². The normalized spacial score (nSPS) is 24.2. The van der Waals surface area contributed by atoms with Gasteiger partial charge in [0.15, 0.2) is 5.78 Å². The third-order valence-electron chi connectivity index (χ3n) is 12.2. The lowest BCUT2D eigenvalue weighted by Gasteiger charge is -2.27. The van der Waals surface area contributed by atoms with Crippen LogP contribution in [-0.4, -0.2) is 80.4 Å². The Hall–Kier alpha value is -3.02. The van der Waals surface area contributed by atoms with Gasteiger partial charge in [-0.25, -0.2) is 0 Å². The summed E-state index contributed by atoms with van der Waals surface area (Å²) in [6, 6.07) is 0. The van der Waals surface area contributed by atoms with E-state index >= 15 is 0 Å². The fourth-order valence-electron chi connectivity index (χ4n) is 8.52. The molecule has 0 bridgehead atoms. The number of carbonyl (C=O) groups is 6. The number of rotatable bonds is 25. The number of hydrogen-bond acceptors (Lipinski definition) is 8. The summed E-state index contributed by atoms with van der Waals surface area (Å²) in [6.45, 7) is 2.38. The van der Waals surface area contributed by atoms with Crippen molar-refractivity contribution in [3.63, 3.8) is 0 Å². The lowest BCUT2D eigenvalue weighted by molar-refractivity contribution is -0.147. The molecule has 5 N–H and O–H groups in total. The first-order valence-electron chi connectivity index (χ1n) is 21.6. The Kier molecular flexibility index (Phi) is 22.5. The fourth-order valence-corrected chi connectivity index (χ4v) is 8.52. The molecule has 54 heavy (non-hydrogen) atoms. The average Bonchev–Trinajstić information content (AvgIpc) is 3.21. The van der Waals surface area contributed by atoms with Crippen LogP contribution >= 0.6 is 0 Å². The van der Waals surface area contributed by atoms with E-state index in [1.54, 1.807) is 0 Å². The van der Waals surface area contributed by atoms with E-state index < -0.39 is 6.61 Å². The van der Waals surface area contributed by atoms with Gasteiger partial charge < -0.3 is 31.1 Å². The summed E-state index contributed by atoms with van der Waals surface area (Å²) in [5.74, 6) is 0.0635. The minimum absolute atomic E-state index is 0.00343. The van der Waals surface area contributed by atoms with Crippen molar-refractivity contribution in [3.8, 4) is 0 Å². The van der Waals surface area contributed by atoms with Gasteiger partial charge in [-0.2, -0.15) is 0 Å². The van der Waals surface area contributed by atoms with Crippen LogP contribution in [0.1, 0.15) is 154 Å². The summed E-state index contributed by atoms with van der Waals surface area (Å²) in [4.78, 5) is 73.5. The number of unbranched alkanes of at least 4 members (excludes halogenated alkanes) is 10. The van der Waals surface area contributed by atoms with Crippen molar-refractivity contribution >= 4 is 35.4 Å². The maximum Gasteiger partial charge on any atom is 0.308 e. The van der Waals surface area contributed by atoms with E-state index in [9.17, 15) is 28.8 Å². The smallest absolute Gasteiger partial charge is 0.308 e. The summed E-state index contributed by atoms with van der Waals surface area (Å²) in [7, 11) is 1.42. The standard InChI is InChI=1S/C42H72N4O8/c1-54-42(53)36-24-22-35(23-25-36)41(52)46-29-13-9-5-4-8-12-28-45-40(51)34-20-18-33(19-21-34)39(50)44-27-11-7-3-2-6-10-26-43-38(49)32-16-14-31(15-17-32)37(48)30-47/h31-36,47H,2-30H2,1H3,(H,43,49)(H,44,50)(H,45,51)(H,46,52). The van der Waals surface area contributed by atoms with Gasteiger partial charge in [-0.05, 0) is 103 Å². The molecule has 0 heterocycles. The molecular weight excluding hydrogens is 688 g/mol. The molecular formula is C42H72N4O8. The molecule has 0 aromatic carbocycles. The van der Waals surface area contributed by atoms with Gasteiger partial charge in [0.05, 0.1) is 13.0 Å². The first-order chi connectivity index (χ1) is 26.2. The van der Waals surface area contributed by atoms with E-state index in [1.807, 2.05) is 0 Å². The molecule has 308 valence electrons. The molecule has 3 fully saturated rings. The van der Waals surface area contributed by atoms with E-state index in [4.69, 9.17) is 9.84 Å². The number of ketones is 1. The van der Waals surface area contributed by atoms with Crippen LogP contribution in [-0.2, 0) is 33.5 Å². The molecule has 0 aromatic rings. The zero-order valence-electron chi connectivity index (χ0n) is 33.3. The SMILES string of the molecule is COC(=O)C1CCC(C(=O)NCCCCCCCCNC(=O)C2CCC(C(=O)NCCCCCCCCNC(=O)C3CCC(C(=O)CO)CC3)CC2)CC1. The number of amides is 4. The topological polar surface area (TPSA) is 180 Å². The van der Waals surface area contributed by atoms with Crippen LogP contribution in [0, 0.1) is 35.5 Å². The Morgan fingerprint density at radius 3 is 0.907 bits per heavy atom. The number of aliphatic hydroxyl groups excluding tert-OH is 1. The highest BCUT2D eigenvalue weighted by molar-refractivity contribution is 5.83. The molecule has 0 aliphatic heterocycles. The van der Waals surface area contributed by atoms with E-state index in [1.165, 1.54) is 7.11 Å². The molecule has 12 nitrogen and oxygen atoms in total. The monoisotopic (exact) mass is 761 g/mol. The van der Waals surface area contributed by atoms with Crippen molar-refractivity contribution in [2.75, 3.05) is 39.9 Å². The maximum absolute atomic E-state index is 12.7. The molecule has 0 unspecified atom stereocenters. The minimum atomic E-state index is -0.400. The molecule has 0 radical (unpaired) electrons. The third kappa shape index (κ3) is 17.2. The van der Waals surface area contributed by atoms with Crippen LogP contribution in [0.3, 0.4) is 0 Å². The highest BCUT2D eigenvalue weighted by Crippen LogP contribution is 2.31. The molecule has 3 aliphatic rings. The minimum Gasteiger partial charge on any atom is -0.469 e. The predicted molar refractivity (Wildman–Crippen MR) is 208 cm³/mol. The highest BCUT2D eigenvalue weighted by Gasteiger charge is 2.32. The Balaban J connectivity index is 1.06. The summed E-state index contributed by atoms with van der Waals surface area (Å²) in [5, 5.41) is 21.4. The van der Waals surface area contributed by atoms with Crippen molar-refractivity contribution in [2.45, 2.75) is 154 Å². The first-order valence-corrected chi connectivity index (χ1v) is 21.6. The van der Waals surface area contributed by atoms with Gasteiger partial charge in [0, 0.05) is 55.8 Å². The summed E-state index contributed by atoms with van der Waals surface area (Å²) in [6.07, 6.45) is 21.4. The molecule has 0 spiro atoms. The fraction of sp³-hybridized carbons (Fsp3) is 0.857. The largest absolute Gasteiger partial charge is 0.469 e. The van der Waals surface area contributed by atoms with Gasteiger partial charge in [0.2, 0.25) is 23.6 Å². The lowest BCUT2D eigenvalue weighted by Crippen LogP contribution is -2.38. The van der Waals surface area contributed by atoms with E-state index in [0.717, 1.165) is 141 Å². The number of ether oxygens (including phenoxy) is 1. The Labute approximate surface area is 324 Å². The zero-order chi connectivity index (χ0) is 39.0. The second kappa shape index (κ2) is 26.7. The van der Waals surface area contributed by atoms with Crippen LogP contribution in [0.5, 0.6) is 0 Å². The number of hydrogen-bond donors (Lipinski definition) is 5. The Morgan fingerprint density at radius 1 is 0.407 bits per heavy atom. The van der Waals surface area contributed by atoms with Gasteiger partial charge >= 0.3 is 5.97 Å². The second-order valence-electron chi connectivity index (χ2n) is 16.2. The van der Waals surface area contributed by atoms with Gasteiger partial charge in [-0.3, -0.25) is 28.8 Å². The summed E-state index contributed by atoms with van der Waals surface area (Å²) >= 11 is 0. The number of aliphatic hydroxyl groups is 1. The molecule has 3 rings (SSSR count). The number of Topliss-reactive ketones (excluding diaryl/α,β-unsaturated/α-hetero) is 1. The van der Waals surface area contributed by atoms with Crippen molar-refractivity contribution in [3.05, 3.63) is 0 Å². The van der Waals surface area contributed by atoms with Gasteiger partial charge in [0.25, 0.3) is 0 Å². The van der Waals surface area contributed by atoms with Gasteiger partial charge in [-0.15, -0.1) is 0 Å². The Bertz CT molecular complexity index is 1050. The van der Waals surface area contributed by atoms with E-state index in [0.29, 0.717) is 39.0 Å². The lowest BCUT2D eigenvalue weighted by atomic mass is 9.80. The maximum atomic E-state index is 12.7. The van der Waals surface area contributed by atoms with Crippen molar-refractivity contribution in [2.24, 2.45) is 35.5 Å². The van der Waals surface area contributed by atoms with Crippen LogP contribution < -0.4 is 21.3 Å². The molecule has 3 saturated carbocycles. The number of carbonyl (C=O) groups excluding carboxylic acids is 6. The summed E-state index contributed by atoms with van der Waals surface area (Å²) < 4.78 is 4.82. The summed E-state index contributed by atoms with van der Waals surface area (Å²) in [5.41, 5.74) is 0. The predicted octanol–water partition coefficient (Wildman–Crippen LogP) is 5.29. The number of methoxy groups -OCH3 is 1. The zero-order valence-corrected chi connectivity index (χ0v) is 33.3. The number of esters is 1. The molecule has 12 heteroatoms. The van der Waals surface area contributed by atoms with Crippen molar-refractivity contribution in [1.29, 1.82) is 0 Å². The van der Waals surface area contributed by atoms with E-state index in [2.05, 4.69) is 21.3 Å². The van der Waals surface area contributed by atoms with Gasteiger partial charge in [-0.1, -0.05) is 51.4 Å². The molecule has 0 atom stereocenters. The molecule has 3 aliphatic carbocycles. The molecule has 0 saturated heterocycles. The molecule has 4 amide bonds. The first kappa shape index (κ1) is 45.4. The second-order valence-corrected chi connectivity index (χ2v) is 16.2. The Morgan fingerprint density at radius 2 is 0.648 bits per heavy atom. The van der Waals surface area contributed by atoms with Gasteiger partial charge in [0.1, 0.15) is 6.61 Å². The van der Waals surface area contributed by atoms with Crippen LogP contribution in [0.4, 0.5) is 0 Å². The van der Waals surface area contributed by atoms with Crippen LogP contribution in [0.25, 0.3) is 0 Å².